The average molecular weight is 383 g/mol. The van der Waals surface area contributed by atoms with Gasteiger partial charge in [0, 0.05) is 25.2 Å². The molecule has 0 aromatic heterocycles. The van der Waals surface area contributed by atoms with Crippen LogP contribution in [0.3, 0.4) is 0 Å². The molecule has 8 nitrogen and oxygen atoms in total. The molecule has 146 valence electrons. The Balaban J connectivity index is 1.62. The Kier molecular flexibility index (Phi) is 4.77. The van der Waals surface area contributed by atoms with Gasteiger partial charge in [-0.2, -0.15) is 0 Å². The Morgan fingerprint density at radius 3 is 2.71 bits per heavy atom. The fraction of sp³-hybridized carbons (Fsp3) is 0.350. The largest absolute Gasteiger partial charge is 0.486 e. The summed E-state index contributed by atoms with van der Waals surface area (Å²) in [6.07, 6.45) is 1.71. The van der Waals surface area contributed by atoms with Gasteiger partial charge in [0.25, 0.3) is 11.6 Å². The van der Waals surface area contributed by atoms with E-state index in [1.54, 1.807) is 24.1 Å². The predicted octanol–water partition coefficient (Wildman–Crippen LogP) is 3.39. The van der Waals surface area contributed by atoms with Gasteiger partial charge >= 0.3 is 0 Å². The number of hydrogen-bond acceptors (Lipinski definition) is 6. The summed E-state index contributed by atoms with van der Waals surface area (Å²) in [4.78, 5) is 25.7. The van der Waals surface area contributed by atoms with Crippen LogP contribution in [-0.2, 0) is 0 Å². The number of benzene rings is 2. The minimum Gasteiger partial charge on any atom is -0.486 e. The van der Waals surface area contributed by atoms with E-state index in [0.717, 1.165) is 18.4 Å². The van der Waals surface area contributed by atoms with Crippen molar-refractivity contribution < 1.29 is 19.2 Å². The zero-order valence-corrected chi connectivity index (χ0v) is 15.5. The van der Waals surface area contributed by atoms with Crippen molar-refractivity contribution in [1.82, 2.24) is 4.90 Å². The minimum atomic E-state index is -0.481. The van der Waals surface area contributed by atoms with Gasteiger partial charge in [-0.1, -0.05) is 6.07 Å². The van der Waals surface area contributed by atoms with Crippen molar-refractivity contribution in [3.63, 3.8) is 0 Å². The lowest BCUT2D eigenvalue weighted by molar-refractivity contribution is -0.384. The Bertz CT molecular complexity index is 930. The predicted molar refractivity (Wildman–Crippen MR) is 103 cm³/mol. The molecule has 2 aliphatic rings. The van der Waals surface area contributed by atoms with Gasteiger partial charge in [0.15, 0.2) is 11.5 Å². The van der Waals surface area contributed by atoms with Crippen molar-refractivity contribution in [3.05, 3.63) is 57.6 Å². The highest BCUT2D eigenvalue weighted by Gasteiger charge is 2.32. The van der Waals surface area contributed by atoms with Gasteiger partial charge in [-0.05, 0) is 42.7 Å². The Hall–Kier alpha value is -3.29. The van der Waals surface area contributed by atoms with E-state index in [-0.39, 0.29) is 17.6 Å². The minimum absolute atomic E-state index is 0.0913. The highest BCUT2D eigenvalue weighted by molar-refractivity contribution is 5.96. The van der Waals surface area contributed by atoms with E-state index in [1.807, 2.05) is 18.2 Å². The third-order valence-corrected chi connectivity index (χ3v) is 5.18. The zero-order valence-electron chi connectivity index (χ0n) is 15.5. The van der Waals surface area contributed by atoms with Gasteiger partial charge < -0.3 is 19.7 Å². The molecule has 0 bridgehead atoms. The second-order valence-corrected chi connectivity index (χ2v) is 6.80. The first-order chi connectivity index (χ1) is 13.6. The van der Waals surface area contributed by atoms with Crippen LogP contribution < -0.4 is 14.8 Å². The normalized spacial score (nSPS) is 18.0. The van der Waals surface area contributed by atoms with Gasteiger partial charge in [-0.15, -0.1) is 0 Å². The maximum Gasteiger partial charge on any atom is 0.293 e. The molecule has 0 saturated carbocycles. The molecule has 2 aromatic rings. The third kappa shape index (κ3) is 3.21. The standard InChI is InChI=1S/C20H21N3O5/c1-21-15-6-4-14(11-17(15)23(25)26)20(24)22-8-2-3-16(22)13-5-7-18-19(12-13)28-10-9-27-18/h4-7,11-12,16,21H,2-3,8-10H2,1H3/t16-/m0/s1. The number of nitro groups is 1. The molecule has 4 rings (SSSR count). The number of nitrogens with zero attached hydrogens (tertiary/aromatic N) is 2. The first-order valence-electron chi connectivity index (χ1n) is 9.25. The number of amides is 1. The van der Waals surface area contributed by atoms with Crippen LogP contribution in [-0.4, -0.2) is 42.5 Å². The van der Waals surface area contributed by atoms with Crippen molar-refractivity contribution in [2.45, 2.75) is 18.9 Å². The van der Waals surface area contributed by atoms with Crippen LogP contribution >= 0.6 is 0 Å². The van der Waals surface area contributed by atoms with Crippen molar-refractivity contribution in [3.8, 4) is 11.5 Å². The number of nitro benzene ring substituents is 1. The SMILES string of the molecule is CNc1ccc(C(=O)N2CCC[C@H]2c2ccc3c(c2)OCCO3)cc1[N+](=O)[O-]. The van der Waals surface area contributed by atoms with Crippen molar-refractivity contribution in [2.24, 2.45) is 0 Å². The van der Waals surface area contributed by atoms with E-state index in [4.69, 9.17) is 9.47 Å². The van der Waals surface area contributed by atoms with Gasteiger partial charge in [-0.3, -0.25) is 14.9 Å². The van der Waals surface area contributed by atoms with Gasteiger partial charge in [0.05, 0.1) is 11.0 Å². The summed E-state index contributed by atoms with van der Waals surface area (Å²) in [6, 6.07) is 10.2. The molecular weight excluding hydrogens is 362 g/mol. The molecule has 2 aromatic carbocycles. The van der Waals surface area contributed by atoms with E-state index < -0.39 is 4.92 Å². The van der Waals surface area contributed by atoms with E-state index in [9.17, 15) is 14.9 Å². The summed E-state index contributed by atoms with van der Waals surface area (Å²) in [7, 11) is 1.61. The van der Waals surface area contributed by atoms with E-state index in [2.05, 4.69) is 5.32 Å². The monoisotopic (exact) mass is 383 g/mol. The Morgan fingerprint density at radius 1 is 1.18 bits per heavy atom. The number of rotatable bonds is 4. The number of likely N-dealkylation sites (tertiary alicyclic amines) is 1. The number of fused-ring (bicyclic) bond motifs is 1. The van der Waals surface area contributed by atoms with Crippen LogP contribution in [0.1, 0.15) is 34.8 Å². The number of anilines is 1. The number of carbonyl (C=O) groups is 1. The summed E-state index contributed by atoms with van der Waals surface area (Å²) >= 11 is 0. The molecule has 1 saturated heterocycles. The van der Waals surface area contributed by atoms with Crippen LogP contribution in [0.5, 0.6) is 11.5 Å². The van der Waals surface area contributed by atoms with Crippen molar-refractivity contribution in [2.75, 3.05) is 32.1 Å². The smallest absolute Gasteiger partial charge is 0.293 e. The lowest BCUT2D eigenvalue weighted by atomic mass is 10.0. The third-order valence-electron chi connectivity index (χ3n) is 5.18. The summed E-state index contributed by atoms with van der Waals surface area (Å²) in [6.45, 7) is 1.65. The zero-order chi connectivity index (χ0) is 19.7. The van der Waals surface area contributed by atoms with Gasteiger partial charge in [0.2, 0.25) is 0 Å². The molecule has 1 N–H and O–H groups in total. The first kappa shape index (κ1) is 18.1. The number of hydrogen-bond donors (Lipinski definition) is 1. The molecule has 8 heteroatoms. The Labute approximate surface area is 162 Å². The van der Waals surface area contributed by atoms with Gasteiger partial charge in [0.1, 0.15) is 18.9 Å². The van der Waals surface area contributed by atoms with E-state index in [1.165, 1.54) is 6.07 Å². The first-order valence-corrected chi connectivity index (χ1v) is 9.25. The lowest BCUT2D eigenvalue weighted by Crippen LogP contribution is -2.30. The summed E-state index contributed by atoms with van der Waals surface area (Å²) in [5.41, 5.74) is 1.57. The lowest BCUT2D eigenvalue weighted by Gasteiger charge is -2.27. The average Bonchev–Trinajstić information content (AvgIpc) is 3.22. The summed E-state index contributed by atoms with van der Waals surface area (Å²) in [5.74, 6) is 1.20. The fourth-order valence-electron chi connectivity index (χ4n) is 3.82. The highest BCUT2D eigenvalue weighted by Crippen LogP contribution is 2.39. The quantitative estimate of drug-likeness (QED) is 0.642. The maximum absolute atomic E-state index is 13.1. The molecule has 1 amide bonds. The van der Waals surface area contributed by atoms with Crippen LogP contribution in [0.15, 0.2) is 36.4 Å². The molecule has 1 fully saturated rings. The number of ether oxygens (including phenoxy) is 2. The van der Waals surface area contributed by atoms with Crippen molar-refractivity contribution in [1.29, 1.82) is 0 Å². The number of nitrogens with one attached hydrogen (secondary N) is 1. The molecule has 2 heterocycles. The van der Waals surface area contributed by atoms with E-state index in [0.29, 0.717) is 42.5 Å². The second-order valence-electron chi connectivity index (χ2n) is 6.80. The van der Waals surface area contributed by atoms with E-state index >= 15 is 0 Å². The number of carbonyl (C=O) groups excluding carboxylic acids is 1. The molecule has 0 aliphatic carbocycles. The van der Waals surface area contributed by atoms with Crippen LogP contribution in [0.2, 0.25) is 0 Å². The molecular formula is C20H21N3O5. The molecule has 1 atom stereocenters. The van der Waals surface area contributed by atoms with Crippen molar-refractivity contribution >= 4 is 17.3 Å². The van der Waals surface area contributed by atoms with Gasteiger partial charge in [-0.25, -0.2) is 0 Å². The molecule has 0 radical (unpaired) electrons. The maximum atomic E-state index is 13.1. The molecule has 0 unspecified atom stereocenters. The molecule has 0 spiro atoms. The topological polar surface area (TPSA) is 93.9 Å². The van der Waals surface area contributed by atoms with Crippen LogP contribution in [0.4, 0.5) is 11.4 Å². The summed E-state index contributed by atoms with van der Waals surface area (Å²) in [5, 5.41) is 14.1. The highest BCUT2D eigenvalue weighted by atomic mass is 16.6. The Morgan fingerprint density at radius 2 is 1.96 bits per heavy atom. The fourth-order valence-corrected chi connectivity index (χ4v) is 3.82. The molecule has 28 heavy (non-hydrogen) atoms. The molecule has 2 aliphatic heterocycles. The second kappa shape index (κ2) is 7.38. The van der Waals surface area contributed by atoms with Crippen LogP contribution in [0, 0.1) is 10.1 Å². The van der Waals surface area contributed by atoms with Crippen LogP contribution in [0.25, 0.3) is 0 Å². The summed E-state index contributed by atoms with van der Waals surface area (Å²) < 4.78 is 11.2.